The fraction of sp³-hybridized carbons (Fsp3) is 0.200. The Morgan fingerprint density at radius 3 is 2.40 bits per heavy atom. The lowest BCUT2D eigenvalue weighted by molar-refractivity contribution is 0.104. The number of rotatable bonds is 5. The van der Waals surface area contributed by atoms with Crippen molar-refractivity contribution in [3.8, 4) is 11.1 Å². The molecule has 35 heavy (non-hydrogen) atoms. The average molecular weight is 482 g/mol. The predicted octanol–water partition coefficient (Wildman–Crippen LogP) is 6.51. The van der Waals surface area contributed by atoms with Crippen molar-refractivity contribution in [2.75, 3.05) is 38.1 Å². The molecule has 1 fully saturated rings. The highest BCUT2D eigenvalue weighted by molar-refractivity contribution is 6.31. The summed E-state index contributed by atoms with van der Waals surface area (Å²) in [6.45, 7) is 5.54. The number of anilines is 1. The second-order valence-electron chi connectivity index (χ2n) is 9.06. The summed E-state index contributed by atoms with van der Waals surface area (Å²) in [4.78, 5) is 23.6. The minimum atomic E-state index is -0.0598. The van der Waals surface area contributed by atoms with Gasteiger partial charge in [-0.3, -0.25) is 4.79 Å². The fourth-order valence-electron chi connectivity index (χ4n) is 4.63. The van der Waals surface area contributed by atoms with Crippen LogP contribution in [0.5, 0.6) is 0 Å². The number of fused-ring (bicyclic) bond motifs is 1. The maximum absolute atomic E-state index is 14.0. The van der Waals surface area contributed by atoms with Crippen molar-refractivity contribution in [2.24, 2.45) is 0 Å². The number of likely N-dealkylation sites (N-methyl/N-ethyl adjacent to an activating group) is 1. The molecule has 0 spiro atoms. The van der Waals surface area contributed by atoms with Crippen LogP contribution in [0.1, 0.15) is 21.5 Å². The molecule has 0 bridgehead atoms. The Bertz CT molecular complexity index is 1410. The van der Waals surface area contributed by atoms with Gasteiger partial charge in [0.15, 0.2) is 5.78 Å². The highest BCUT2D eigenvalue weighted by Gasteiger charge is 2.26. The van der Waals surface area contributed by atoms with Crippen LogP contribution in [0.15, 0.2) is 78.9 Å². The molecule has 0 N–H and O–H groups in total. The van der Waals surface area contributed by atoms with Gasteiger partial charge >= 0.3 is 0 Å². The molecule has 0 amide bonds. The number of carbonyl (C=O) groups excluding carboxylic acids is 1. The molecule has 1 aliphatic heterocycles. The molecular weight excluding hydrogens is 454 g/mol. The van der Waals surface area contributed by atoms with Crippen LogP contribution < -0.4 is 4.90 Å². The van der Waals surface area contributed by atoms with Crippen LogP contribution in [0.2, 0.25) is 5.02 Å². The van der Waals surface area contributed by atoms with Gasteiger partial charge in [0.1, 0.15) is 5.82 Å². The van der Waals surface area contributed by atoms with E-state index in [0.717, 1.165) is 65.2 Å². The number of piperazine rings is 1. The number of hydrogen-bond acceptors (Lipinski definition) is 4. The molecule has 1 aliphatic rings. The zero-order valence-corrected chi connectivity index (χ0v) is 20.8. The molecule has 4 nitrogen and oxygen atoms in total. The van der Waals surface area contributed by atoms with E-state index >= 15 is 0 Å². The van der Waals surface area contributed by atoms with Gasteiger partial charge < -0.3 is 9.80 Å². The van der Waals surface area contributed by atoms with Crippen molar-refractivity contribution < 1.29 is 4.79 Å². The van der Waals surface area contributed by atoms with Crippen molar-refractivity contribution >= 4 is 40.2 Å². The summed E-state index contributed by atoms with van der Waals surface area (Å²) in [7, 11) is 2.12. The number of ketones is 1. The van der Waals surface area contributed by atoms with Crippen molar-refractivity contribution in [2.45, 2.75) is 6.92 Å². The van der Waals surface area contributed by atoms with Crippen LogP contribution in [-0.2, 0) is 0 Å². The summed E-state index contributed by atoms with van der Waals surface area (Å²) in [6, 6.07) is 23.9. The summed E-state index contributed by atoms with van der Waals surface area (Å²) in [6.07, 6.45) is 3.59. The maximum atomic E-state index is 14.0. The molecule has 5 heteroatoms. The lowest BCUT2D eigenvalue weighted by Crippen LogP contribution is -2.45. The molecule has 5 rings (SSSR count). The third-order valence-electron chi connectivity index (χ3n) is 6.64. The first-order chi connectivity index (χ1) is 17.0. The third kappa shape index (κ3) is 4.86. The van der Waals surface area contributed by atoms with E-state index in [2.05, 4.69) is 29.8 Å². The highest BCUT2D eigenvalue weighted by atomic mass is 35.5. The maximum Gasteiger partial charge on any atom is 0.190 e. The van der Waals surface area contributed by atoms with Gasteiger partial charge in [0, 0.05) is 42.2 Å². The number of hydrogen-bond donors (Lipinski definition) is 0. The number of nitrogens with zero attached hydrogens (tertiary/aromatic N) is 3. The number of carbonyl (C=O) groups is 1. The molecule has 1 aromatic heterocycles. The van der Waals surface area contributed by atoms with Gasteiger partial charge in [0.2, 0.25) is 0 Å². The van der Waals surface area contributed by atoms with Crippen molar-refractivity contribution in [3.63, 3.8) is 0 Å². The van der Waals surface area contributed by atoms with Gasteiger partial charge in [-0.2, -0.15) is 0 Å². The normalized spacial score (nSPS) is 14.7. The Kier molecular flexibility index (Phi) is 6.67. The first-order valence-corrected chi connectivity index (χ1v) is 12.3. The number of allylic oxidation sites excluding steroid dienone is 1. The first-order valence-electron chi connectivity index (χ1n) is 11.9. The van der Waals surface area contributed by atoms with Gasteiger partial charge in [-0.15, -0.1) is 0 Å². The van der Waals surface area contributed by atoms with E-state index in [1.54, 1.807) is 6.08 Å². The quantitative estimate of drug-likeness (QED) is 0.240. The predicted molar refractivity (Wildman–Crippen MR) is 146 cm³/mol. The molecule has 2 heterocycles. The van der Waals surface area contributed by atoms with Crippen LogP contribution in [-0.4, -0.2) is 48.9 Å². The molecule has 4 aromatic rings. The molecule has 3 aromatic carbocycles. The van der Waals surface area contributed by atoms with Crippen molar-refractivity contribution in [3.05, 3.63) is 101 Å². The zero-order chi connectivity index (χ0) is 24.4. The number of aromatic nitrogens is 1. The van der Waals surface area contributed by atoms with Gasteiger partial charge in [-0.05, 0) is 54.9 Å². The van der Waals surface area contributed by atoms with Crippen molar-refractivity contribution in [1.82, 2.24) is 9.88 Å². The lowest BCUT2D eigenvalue weighted by Gasteiger charge is -2.34. The second-order valence-corrected chi connectivity index (χ2v) is 9.49. The molecule has 176 valence electrons. The van der Waals surface area contributed by atoms with Crippen LogP contribution in [0, 0.1) is 6.92 Å². The fourth-order valence-corrected chi connectivity index (χ4v) is 4.80. The molecule has 0 radical (unpaired) electrons. The van der Waals surface area contributed by atoms with E-state index < -0.39 is 0 Å². The van der Waals surface area contributed by atoms with E-state index in [4.69, 9.17) is 16.6 Å². The van der Waals surface area contributed by atoms with Crippen LogP contribution in [0.25, 0.3) is 28.1 Å². The van der Waals surface area contributed by atoms with E-state index in [1.165, 1.54) is 0 Å². The molecule has 0 atom stereocenters. The van der Waals surface area contributed by atoms with E-state index in [9.17, 15) is 4.79 Å². The topological polar surface area (TPSA) is 36.4 Å². The van der Waals surface area contributed by atoms with Gasteiger partial charge in [-0.25, -0.2) is 4.98 Å². The van der Waals surface area contributed by atoms with Gasteiger partial charge in [0.25, 0.3) is 0 Å². The summed E-state index contributed by atoms with van der Waals surface area (Å²) < 4.78 is 0. The standard InChI is InChI=1S/C30H28ClN3O/c1-21-8-6-7-9-22(21)12-15-27(35)29-28(23-10-4-3-5-11-23)25-20-24(31)13-14-26(25)32-30(29)34-18-16-33(2)17-19-34/h3-15,20H,16-19H2,1-2H3/b15-12-. The molecule has 0 aliphatic carbocycles. The SMILES string of the molecule is Cc1ccccc1/C=C\C(=O)c1c(N2CCN(C)CC2)nc2ccc(Cl)cc2c1-c1ccccc1. The van der Waals surface area contributed by atoms with E-state index in [-0.39, 0.29) is 5.78 Å². The van der Waals surface area contributed by atoms with Gasteiger partial charge in [0.05, 0.1) is 11.1 Å². The first kappa shape index (κ1) is 23.3. The lowest BCUT2D eigenvalue weighted by atomic mass is 9.92. The second kappa shape index (κ2) is 10.0. The largest absolute Gasteiger partial charge is 0.353 e. The van der Waals surface area contributed by atoms with E-state index in [1.807, 2.05) is 72.8 Å². The monoisotopic (exact) mass is 481 g/mol. The molecule has 0 unspecified atom stereocenters. The van der Waals surface area contributed by atoms with Crippen LogP contribution in [0.4, 0.5) is 5.82 Å². The molecule has 1 saturated heterocycles. The Balaban J connectivity index is 1.75. The molecule has 0 saturated carbocycles. The third-order valence-corrected chi connectivity index (χ3v) is 6.88. The summed E-state index contributed by atoms with van der Waals surface area (Å²) >= 11 is 6.43. The van der Waals surface area contributed by atoms with Crippen LogP contribution >= 0.6 is 11.6 Å². The van der Waals surface area contributed by atoms with E-state index in [0.29, 0.717) is 10.6 Å². The Morgan fingerprint density at radius 1 is 0.943 bits per heavy atom. The smallest absolute Gasteiger partial charge is 0.190 e. The minimum Gasteiger partial charge on any atom is -0.353 e. The summed E-state index contributed by atoms with van der Waals surface area (Å²) in [5, 5.41) is 1.51. The Morgan fingerprint density at radius 2 is 1.66 bits per heavy atom. The average Bonchev–Trinajstić information content (AvgIpc) is 2.88. The highest BCUT2D eigenvalue weighted by Crippen LogP contribution is 2.38. The van der Waals surface area contributed by atoms with Crippen LogP contribution in [0.3, 0.4) is 0 Å². The number of pyridine rings is 1. The Hall–Kier alpha value is -3.47. The molecular formula is C30H28ClN3O. The number of halogens is 1. The van der Waals surface area contributed by atoms with Crippen molar-refractivity contribution in [1.29, 1.82) is 0 Å². The Labute approximate surface area is 211 Å². The summed E-state index contributed by atoms with van der Waals surface area (Å²) in [5.74, 6) is 0.682. The number of benzene rings is 3. The summed E-state index contributed by atoms with van der Waals surface area (Å²) in [5.41, 5.74) is 5.47. The zero-order valence-electron chi connectivity index (χ0n) is 20.0. The minimum absolute atomic E-state index is 0.0598. The van der Waals surface area contributed by atoms with Gasteiger partial charge in [-0.1, -0.05) is 72.3 Å². The number of aryl methyl sites for hydroxylation is 1.